The van der Waals surface area contributed by atoms with Crippen molar-refractivity contribution < 1.29 is 4.74 Å². The molecule has 3 nitrogen and oxygen atoms in total. The highest BCUT2D eigenvalue weighted by atomic mass is 16.5. The van der Waals surface area contributed by atoms with Crippen molar-refractivity contribution in [3.05, 3.63) is 0 Å². The van der Waals surface area contributed by atoms with Gasteiger partial charge in [0.05, 0.1) is 6.61 Å². The Morgan fingerprint density at radius 1 is 1.38 bits per heavy atom. The molecular formula is C13H26N2O. The molecule has 3 heteroatoms. The monoisotopic (exact) mass is 226 g/mol. The van der Waals surface area contributed by atoms with E-state index in [9.17, 15) is 0 Å². The standard InChI is InChI=1S/C13H26N2O/c1-3-4-12-9-15(11(2)5-7-14-12)13-6-8-16-10-13/h11-14H,3-10H2,1-2H3. The van der Waals surface area contributed by atoms with Gasteiger partial charge in [-0.3, -0.25) is 4.90 Å². The Bertz CT molecular complexity index is 204. The lowest BCUT2D eigenvalue weighted by Gasteiger charge is -2.33. The summed E-state index contributed by atoms with van der Waals surface area (Å²) in [7, 11) is 0. The maximum atomic E-state index is 5.53. The van der Waals surface area contributed by atoms with Crippen LogP contribution < -0.4 is 5.32 Å². The second-order valence-corrected chi connectivity index (χ2v) is 5.29. The van der Waals surface area contributed by atoms with Gasteiger partial charge in [0.1, 0.15) is 0 Å². The van der Waals surface area contributed by atoms with Gasteiger partial charge in [-0.15, -0.1) is 0 Å². The topological polar surface area (TPSA) is 24.5 Å². The lowest BCUT2D eigenvalue weighted by Crippen LogP contribution is -2.46. The summed E-state index contributed by atoms with van der Waals surface area (Å²) in [6, 6.07) is 2.07. The van der Waals surface area contributed by atoms with Gasteiger partial charge in [-0.25, -0.2) is 0 Å². The van der Waals surface area contributed by atoms with Gasteiger partial charge in [-0.05, 0) is 32.7 Å². The van der Waals surface area contributed by atoms with Gasteiger partial charge in [0, 0.05) is 31.3 Å². The first-order chi connectivity index (χ1) is 7.81. The minimum Gasteiger partial charge on any atom is -0.380 e. The number of ether oxygens (including phenoxy) is 1. The third kappa shape index (κ3) is 2.96. The molecule has 1 N–H and O–H groups in total. The SMILES string of the molecule is CCCC1CN(C2CCOC2)C(C)CCN1. The zero-order chi connectivity index (χ0) is 11.4. The molecule has 94 valence electrons. The number of nitrogens with zero attached hydrogens (tertiary/aromatic N) is 1. The van der Waals surface area contributed by atoms with E-state index in [1.165, 1.54) is 38.8 Å². The number of hydrogen-bond donors (Lipinski definition) is 1. The van der Waals surface area contributed by atoms with Crippen LogP contribution in [-0.4, -0.2) is 49.3 Å². The van der Waals surface area contributed by atoms with Crippen LogP contribution >= 0.6 is 0 Å². The Morgan fingerprint density at radius 2 is 2.25 bits per heavy atom. The molecule has 3 atom stereocenters. The fourth-order valence-corrected chi connectivity index (χ4v) is 3.00. The molecular weight excluding hydrogens is 200 g/mol. The smallest absolute Gasteiger partial charge is 0.0622 e. The van der Waals surface area contributed by atoms with E-state index < -0.39 is 0 Å². The molecule has 0 aromatic rings. The van der Waals surface area contributed by atoms with Crippen molar-refractivity contribution in [3.8, 4) is 0 Å². The van der Waals surface area contributed by atoms with Crippen LogP contribution in [0, 0.1) is 0 Å². The van der Waals surface area contributed by atoms with Crippen molar-refractivity contribution in [2.45, 2.75) is 57.7 Å². The fraction of sp³-hybridized carbons (Fsp3) is 1.00. The highest BCUT2D eigenvalue weighted by Crippen LogP contribution is 2.20. The predicted octanol–water partition coefficient (Wildman–Crippen LogP) is 1.63. The summed E-state index contributed by atoms with van der Waals surface area (Å²) < 4.78 is 5.53. The molecule has 2 aliphatic rings. The van der Waals surface area contributed by atoms with E-state index in [-0.39, 0.29) is 0 Å². The van der Waals surface area contributed by atoms with Gasteiger partial charge < -0.3 is 10.1 Å². The minimum atomic E-state index is 0.675. The second kappa shape index (κ2) is 5.99. The van der Waals surface area contributed by atoms with Crippen molar-refractivity contribution in [2.24, 2.45) is 0 Å². The molecule has 0 spiro atoms. The van der Waals surface area contributed by atoms with Crippen LogP contribution in [0.5, 0.6) is 0 Å². The first kappa shape index (κ1) is 12.3. The molecule has 0 radical (unpaired) electrons. The predicted molar refractivity (Wildman–Crippen MR) is 66.7 cm³/mol. The summed E-state index contributed by atoms with van der Waals surface area (Å²) in [4.78, 5) is 2.69. The summed E-state index contributed by atoms with van der Waals surface area (Å²) in [5.41, 5.74) is 0. The molecule has 2 rings (SSSR count). The van der Waals surface area contributed by atoms with Gasteiger partial charge in [-0.1, -0.05) is 13.3 Å². The van der Waals surface area contributed by atoms with E-state index in [1.54, 1.807) is 0 Å². The Kier molecular flexibility index (Phi) is 4.62. The highest BCUT2D eigenvalue weighted by molar-refractivity contribution is 4.86. The second-order valence-electron chi connectivity index (χ2n) is 5.29. The van der Waals surface area contributed by atoms with E-state index in [2.05, 4.69) is 24.1 Å². The highest BCUT2D eigenvalue weighted by Gasteiger charge is 2.30. The van der Waals surface area contributed by atoms with Crippen LogP contribution in [0.15, 0.2) is 0 Å². The quantitative estimate of drug-likeness (QED) is 0.791. The summed E-state index contributed by atoms with van der Waals surface area (Å²) in [5.74, 6) is 0. The van der Waals surface area contributed by atoms with Crippen LogP contribution in [0.2, 0.25) is 0 Å². The molecule has 2 saturated heterocycles. The molecule has 0 bridgehead atoms. The molecule has 0 aromatic carbocycles. The molecule has 0 aromatic heterocycles. The van der Waals surface area contributed by atoms with Crippen molar-refractivity contribution in [1.82, 2.24) is 10.2 Å². The van der Waals surface area contributed by atoms with Gasteiger partial charge >= 0.3 is 0 Å². The van der Waals surface area contributed by atoms with Crippen LogP contribution in [0.25, 0.3) is 0 Å². The van der Waals surface area contributed by atoms with E-state index in [0.717, 1.165) is 13.2 Å². The number of hydrogen-bond acceptors (Lipinski definition) is 3. The molecule has 0 amide bonds. The normalized spacial score (nSPS) is 37.5. The lowest BCUT2D eigenvalue weighted by molar-refractivity contribution is 0.112. The molecule has 0 saturated carbocycles. The number of nitrogens with one attached hydrogen (secondary N) is 1. The minimum absolute atomic E-state index is 0.675. The van der Waals surface area contributed by atoms with E-state index in [4.69, 9.17) is 4.74 Å². The lowest BCUT2D eigenvalue weighted by atomic mass is 10.1. The van der Waals surface area contributed by atoms with Gasteiger partial charge in [0.2, 0.25) is 0 Å². The Morgan fingerprint density at radius 3 is 2.94 bits per heavy atom. The number of rotatable bonds is 3. The average molecular weight is 226 g/mol. The average Bonchev–Trinajstić information content (AvgIpc) is 2.72. The zero-order valence-electron chi connectivity index (χ0n) is 10.7. The third-order valence-electron chi connectivity index (χ3n) is 4.00. The van der Waals surface area contributed by atoms with E-state index >= 15 is 0 Å². The van der Waals surface area contributed by atoms with E-state index in [1.807, 2.05) is 0 Å². The first-order valence-corrected chi connectivity index (χ1v) is 6.88. The van der Waals surface area contributed by atoms with Crippen molar-refractivity contribution in [3.63, 3.8) is 0 Å². The van der Waals surface area contributed by atoms with Crippen LogP contribution in [-0.2, 0) is 4.74 Å². The van der Waals surface area contributed by atoms with Gasteiger partial charge in [-0.2, -0.15) is 0 Å². The Labute approximate surface area is 99.5 Å². The Balaban J connectivity index is 1.95. The van der Waals surface area contributed by atoms with Crippen molar-refractivity contribution in [1.29, 1.82) is 0 Å². The molecule has 2 heterocycles. The molecule has 0 aliphatic carbocycles. The van der Waals surface area contributed by atoms with E-state index in [0.29, 0.717) is 18.1 Å². The molecule has 2 fully saturated rings. The van der Waals surface area contributed by atoms with Crippen LogP contribution in [0.4, 0.5) is 0 Å². The van der Waals surface area contributed by atoms with Gasteiger partial charge in [0.25, 0.3) is 0 Å². The summed E-state index contributed by atoms with van der Waals surface area (Å²) in [5, 5.41) is 3.68. The summed E-state index contributed by atoms with van der Waals surface area (Å²) in [6.07, 6.45) is 5.08. The van der Waals surface area contributed by atoms with Crippen LogP contribution in [0.1, 0.15) is 39.5 Å². The molecule has 16 heavy (non-hydrogen) atoms. The summed E-state index contributed by atoms with van der Waals surface area (Å²) in [6.45, 7) is 8.94. The van der Waals surface area contributed by atoms with Crippen LogP contribution in [0.3, 0.4) is 0 Å². The van der Waals surface area contributed by atoms with Crippen molar-refractivity contribution >= 4 is 0 Å². The fourth-order valence-electron chi connectivity index (χ4n) is 3.00. The van der Waals surface area contributed by atoms with Crippen molar-refractivity contribution in [2.75, 3.05) is 26.3 Å². The molecule has 2 aliphatic heterocycles. The first-order valence-electron chi connectivity index (χ1n) is 6.88. The maximum absolute atomic E-state index is 5.53. The molecule has 3 unspecified atom stereocenters. The largest absolute Gasteiger partial charge is 0.380 e. The zero-order valence-corrected chi connectivity index (χ0v) is 10.7. The maximum Gasteiger partial charge on any atom is 0.0622 e. The summed E-state index contributed by atoms with van der Waals surface area (Å²) >= 11 is 0. The third-order valence-corrected chi connectivity index (χ3v) is 4.00. The van der Waals surface area contributed by atoms with Gasteiger partial charge in [0.15, 0.2) is 0 Å². The Hall–Kier alpha value is -0.120.